The van der Waals surface area contributed by atoms with Gasteiger partial charge in [-0.05, 0) is 76.7 Å². The van der Waals surface area contributed by atoms with Crippen molar-refractivity contribution in [3.63, 3.8) is 0 Å². The fourth-order valence-electron chi connectivity index (χ4n) is 6.29. The summed E-state index contributed by atoms with van der Waals surface area (Å²) in [5, 5.41) is 12.9. The number of rotatable bonds is 7. The smallest absolute Gasteiger partial charge is 0.306 e. The van der Waals surface area contributed by atoms with Gasteiger partial charge in [0.05, 0.1) is 11.0 Å². The van der Waals surface area contributed by atoms with Gasteiger partial charge in [-0.25, -0.2) is 0 Å². The molecule has 5 heteroatoms. The second-order valence-corrected chi connectivity index (χ2v) is 13.8. The van der Waals surface area contributed by atoms with Gasteiger partial charge in [-0.1, -0.05) is 89.6 Å². The Morgan fingerprint density at radius 2 is 1.76 bits per heavy atom. The zero-order valence-corrected chi connectivity index (χ0v) is 23.6. The SMILES string of the molecule is CC(C)(C)c1cc(C2=C(CC3CCCCC3)C(Cl)=C(C(=O)NC3CC(C(=O)O)C3)C2)cc(C2(C)CC2)c1. The summed E-state index contributed by atoms with van der Waals surface area (Å²) in [5.74, 6) is -0.641. The molecule has 0 saturated heterocycles. The number of carboxylic acids is 1. The molecule has 0 aliphatic heterocycles. The summed E-state index contributed by atoms with van der Waals surface area (Å²) in [7, 11) is 0. The first kappa shape index (κ1) is 26.5. The normalized spacial score (nSPS) is 25.8. The molecule has 4 nitrogen and oxygen atoms in total. The van der Waals surface area contributed by atoms with E-state index in [4.69, 9.17) is 11.6 Å². The Bertz CT molecular complexity index is 1130. The average molecular weight is 524 g/mol. The predicted octanol–water partition coefficient (Wildman–Crippen LogP) is 7.64. The summed E-state index contributed by atoms with van der Waals surface area (Å²) in [6.45, 7) is 9.16. The molecule has 2 N–H and O–H groups in total. The van der Waals surface area contributed by atoms with Gasteiger partial charge >= 0.3 is 5.97 Å². The van der Waals surface area contributed by atoms with Crippen LogP contribution in [0.25, 0.3) is 5.57 Å². The van der Waals surface area contributed by atoms with Gasteiger partial charge in [-0.15, -0.1) is 0 Å². The maximum Gasteiger partial charge on any atom is 0.306 e. The highest BCUT2D eigenvalue weighted by Crippen LogP contribution is 2.51. The van der Waals surface area contributed by atoms with Crippen LogP contribution in [0.1, 0.15) is 115 Å². The number of halogens is 1. The summed E-state index contributed by atoms with van der Waals surface area (Å²) in [5.41, 5.74) is 7.27. The molecule has 1 aromatic carbocycles. The van der Waals surface area contributed by atoms with Crippen molar-refractivity contribution in [3.8, 4) is 0 Å². The third kappa shape index (κ3) is 5.55. The summed E-state index contributed by atoms with van der Waals surface area (Å²) in [4.78, 5) is 24.6. The van der Waals surface area contributed by atoms with E-state index >= 15 is 0 Å². The molecule has 0 bridgehead atoms. The highest BCUT2D eigenvalue weighted by molar-refractivity contribution is 6.36. The lowest BCUT2D eigenvalue weighted by Crippen LogP contribution is -2.47. The van der Waals surface area contributed by atoms with Crippen molar-refractivity contribution in [1.82, 2.24) is 5.32 Å². The highest BCUT2D eigenvalue weighted by atomic mass is 35.5. The fourth-order valence-corrected chi connectivity index (χ4v) is 6.64. The van der Waals surface area contributed by atoms with Gasteiger partial charge in [0.2, 0.25) is 5.91 Å². The van der Waals surface area contributed by atoms with Crippen molar-refractivity contribution in [2.24, 2.45) is 11.8 Å². The van der Waals surface area contributed by atoms with E-state index in [0.717, 1.165) is 12.0 Å². The molecule has 3 fully saturated rings. The topological polar surface area (TPSA) is 66.4 Å². The third-order valence-corrected chi connectivity index (χ3v) is 9.86. The first-order valence-electron chi connectivity index (χ1n) is 14.3. The maximum absolute atomic E-state index is 13.4. The minimum absolute atomic E-state index is 0.0288. The van der Waals surface area contributed by atoms with E-state index in [1.165, 1.54) is 67.2 Å². The van der Waals surface area contributed by atoms with Gasteiger partial charge in [0.15, 0.2) is 0 Å². The van der Waals surface area contributed by atoms with Gasteiger partial charge < -0.3 is 10.4 Å². The number of carbonyl (C=O) groups is 2. The molecular formula is C32H42ClNO3. The molecule has 3 saturated carbocycles. The van der Waals surface area contributed by atoms with Crippen LogP contribution in [0.3, 0.4) is 0 Å². The van der Waals surface area contributed by atoms with Crippen LogP contribution in [-0.4, -0.2) is 23.0 Å². The van der Waals surface area contributed by atoms with E-state index in [1.807, 2.05) is 0 Å². The number of carbonyl (C=O) groups excluding carboxylic acids is 1. The predicted molar refractivity (Wildman–Crippen MR) is 150 cm³/mol. The largest absolute Gasteiger partial charge is 0.481 e. The number of nitrogens with one attached hydrogen (secondary N) is 1. The Labute approximate surface area is 226 Å². The zero-order valence-electron chi connectivity index (χ0n) is 22.9. The van der Waals surface area contributed by atoms with E-state index in [2.05, 4.69) is 51.2 Å². The quantitative estimate of drug-likeness (QED) is 0.386. The monoisotopic (exact) mass is 523 g/mol. The molecule has 0 heterocycles. The Balaban J connectivity index is 1.47. The molecule has 0 radical (unpaired) electrons. The molecule has 4 aliphatic rings. The summed E-state index contributed by atoms with van der Waals surface area (Å²) < 4.78 is 0. The third-order valence-electron chi connectivity index (χ3n) is 9.41. The number of benzene rings is 1. The number of hydrogen-bond acceptors (Lipinski definition) is 2. The number of allylic oxidation sites excluding steroid dienone is 3. The molecule has 5 rings (SSSR count). The van der Waals surface area contributed by atoms with Crippen LogP contribution < -0.4 is 5.32 Å². The van der Waals surface area contributed by atoms with Crippen LogP contribution in [0.4, 0.5) is 0 Å². The number of aliphatic carboxylic acids is 1. The highest BCUT2D eigenvalue weighted by Gasteiger charge is 2.41. The Kier molecular flexibility index (Phi) is 7.11. The van der Waals surface area contributed by atoms with Crippen LogP contribution in [0.5, 0.6) is 0 Å². The van der Waals surface area contributed by atoms with E-state index in [9.17, 15) is 14.7 Å². The minimum Gasteiger partial charge on any atom is -0.481 e. The molecule has 200 valence electrons. The maximum atomic E-state index is 13.4. The summed E-state index contributed by atoms with van der Waals surface area (Å²) >= 11 is 7.07. The van der Waals surface area contributed by atoms with E-state index in [0.29, 0.717) is 35.8 Å². The van der Waals surface area contributed by atoms with Gasteiger partial charge in [0.25, 0.3) is 0 Å². The van der Waals surface area contributed by atoms with Crippen LogP contribution in [0.15, 0.2) is 34.4 Å². The number of carboxylic acid groups (broad SMARTS) is 1. The van der Waals surface area contributed by atoms with E-state index in [1.54, 1.807) is 0 Å². The van der Waals surface area contributed by atoms with Gasteiger partial charge in [0, 0.05) is 18.0 Å². The van der Waals surface area contributed by atoms with E-state index < -0.39 is 5.97 Å². The molecule has 0 unspecified atom stereocenters. The molecule has 0 spiro atoms. The molecule has 4 aliphatic carbocycles. The van der Waals surface area contributed by atoms with Crippen LogP contribution >= 0.6 is 11.6 Å². The molecule has 37 heavy (non-hydrogen) atoms. The minimum atomic E-state index is -0.777. The number of amides is 1. The van der Waals surface area contributed by atoms with Gasteiger partial charge in [0.1, 0.15) is 0 Å². The van der Waals surface area contributed by atoms with Crippen molar-refractivity contribution in [2.45, 2.75) is 115 Å². The van der Waals surface area contributed by atoms with Crippen molar-refractivity contribution >= 4 is 29.1 Å². The second kappa shape index (κ2) is 9.91. The average Bonchev–Trinajstić information content (AvgIpc) is 3.50. The van der Waals surface area contributed by atoms with E-state index in [-0.39, 0.29) is 28.7 Å². The first-order valence-corrected chi connectivity index (χ1v) is 14.6. The van der Waals surface area contributed by atoms with Crippen molar-refractivity contribution in [2.75, 3.05) is 0 Å². The van der Waals surface area contributed by atoms with Crippen LogP contribution in [0, 0.1) is 11.8 Å². The molecule has 1 aromatic rings. The lowest BCUT2D eigenvalue weighted by molar-refractivity contribution is -0.146. The van der Waals surface area contributed by atoms with Gasteiger partial charge in [-0.3, -0.25) is 9.59 Å². The van der Waals surface area contributed by atoms with Crippen molar-refractivity contribution in [3.05, 3.63) is 51.1 Å². The fraction of sp³-hybridized carbons (Fsp3) is 0.625. The Hall–Kier alpha value is -2.07. The Morgan fingerprint density at radius 3 is 2.35 bits per heavy atom. The van der Waals surface area contributed by atoms with Crippen molar-refractivity contribution in [1.29, 1.82) is 0 Å². The lowest BCUT2D eigenvalue weighted by atomic mass is 9.80. The van der Waals surface area contributed by atoms with Crippen LogP contribution in [0.2, 0.25) is 0 Å². The zero-order chi connectivity index (χ0) is 26.5. The Morgan fingerprint density at radius 1 is 1.08 bits per heavy atom. The first-order chi connectivity index (χ1) is 17.4. The summed E-state index contributed by atoms with van der Waals surface area (Å²) in [6.07, 6.45) is 11.2. The summed E-state index contributed by atoms with van der Waals surface area (Å²) in [6, 6.07) is 7.01. The standard InChI is InChI=1S/C32H42ClNO3/c1-31(2,3)22-13-20(14-23(17-22)32(4)10-11-32)25-18-27(29(35)34-24-15-21(16-24)30(36)37)28(33)26(25)12-19-8-6-5-7-9-19/h13-14,17,19,21,24H,5-12,15-16,18H2,1-4H3,(H,34,35)(H,36,37). The molecule has 1 amide bonds. The van der Waals surface area contributed by atoms with Crippen molar-refractivity contribution < 1.29 is 14.7 Å². The second-order valence-electron chi connectivity index (χ2n) is 13.4. The molecule has 0 atom stereocenters. The number of hydrogen-bond donors (Lipinski definition) is 2. The molecule has 0 aromatic heterocycles. The lowest BCUT2D eigenvalue weighted by Gasteiger charge is -2.33. The van der Waals surface area contributed by atoms with Crippen LogP contribution in [-0.2, 0) is 20.4 Å². The van der Waals surface area contributed by atoms with Gasteiger partial charge in [-0.2, -0.15) is 0 Å². The molecular weight excluding hydrogens is 482 g/mol.